The van der Waals surface area contributed by atoms with Crippen LogP contribution in [0.15, 0.2) is 54.8 Å². The van der Waals surface area contributed by atoms with Crippen molar-refractivity contribution in [1.29, 1.82) is 0 Å². The lowest BCUT2D eigenvalue weighted by molar-refractivity contribution is -0.174. The number of methoxy groups -OCH3 is 1. The minimum Gasteiger partial charge on any atom is -0.489 e. The molecule has 6 heteroatoms. The summed E-state index contributed by atoms with van der Waals surface area (Å²) in [5.74, 6) is -1.52. The molecule has 1 aliphatic heterocycles. The number of hydrogen-bond acceptors (Lipinski definition) is 6. The number of carbonyl (C=O) groups excluding carboxylic acids is 2. The third-order valence-corrected chi connectivity index (χ3v) is 5.76. The van der Waals surface area contributed by atoms with Crippen molar-refractivity contribution in [3.8, 4) is 0 Å². The molecule has 1 saturated carbocycles. The van der Waals surface area contributed by atoms with E-state index in [1.54, 1.807) is 0 Å². The highest BCUT2D eigenvalue weighted by molar-refractivity contribution is 5.86. The van der Waals surface area contributed by atoms with E-state index in [1.165, 1.54) is 19.3 Å². The van der Waals surface area contributed by atoms with E-state index in [2.05, 4.69) is 6.58 Å². The zero-order valence-corrected chi connectivity index (χ0v) is 16.2. The molecule has 1 fully saturated rings. The summed E-state index contributed by atoms with van der Waals surface area (Å²) >= 11 is 0. The fraction of sp³-hybridized carbons (Fsp3) is 0.455. The van der Waals surface area contributed by atoms with Gasteiger partial charge in [-0.15, -0.1) is 6.58 Å². The molecule has 0 saturated heterocycles. The number of ether oxygens (including phenoxy) is 3. The summed E-state index contributed by atoms with van der Waals surface area (Å²) in [5.41, 5.74) is -0.168. The molecule has 6 nitrogen and oxygen atoms in total. The van der Waals surface area contributed by atoms with Crippen molar-refractivity contribution in [2.24, 2.45) is 17.8 Å². The predicted molar refractivity (Wildman–Crippen MR) is 102 cm³/mol. The third kappa shape index (κ3) is 3.69. The molecule has 1 spiro atoms. The summed E-state index contributed by atoms with van der Waals surface area (Å²) < 4.78 is 16.7. The van der Waals surface area contributed by atoms with Gasteiger partial charge in [-0.1, -0.05) is 43.3 Å². The van der Waals surface area contributed by atoms with Crippen LogP contribution in [-0.2, 0) is 30.4 Å². The standard InChI is InChI=1S/C22H26O6/c1-4-18(23)17-10-16(21(25)26-3)14(2)12-22(17)19(11-20(24)28-22)27-13-15-8-6-5-7-9-15/h4-9,11,14,16-18,23H,1,10,12-13H2,2-3H3/t14-,16+,17+,18?,22+/m1/s1. The van der Waals surface area contributed by atoms with Gasteiger partial charge in [0.25, 0.3) is 0 Å². The van der Waals surface area contributed by atoms with Gasteiger partial charge in [-0.3, -0.25) is 4.79 Å². The summed E-state index contributed by atoms with van der Waals surface area (Å²) in [4.78, 5) is 24.4. The first-order valence-corrected chi connectivity index (χ1v) is 9.41. The third-order valence-electron chi connectivity index (χ3n) is 5.76. The second kappa shape index (κ2) is 8.19. The van der Waals surface area contributed by atoms with E-state index in [9.17, 15) is 14.7 Å². The van der Waals surface area contributed by atoms with Crippen LogP contribution in [0, 0.1) is 17.8 Å². The van der Waals surface area contributed by atoms with Crippen molar-refractivity contribution in [2.75, 3.05) is 7.11 Å². The number of carbonyl (C=O) groups is 2. The second-order valence-electron chi connectivity index (χ2n) is 7.47. The maximum atomic E-state index is 12.2. The van der Waals surface area contributed by atoms with Gasteiger partial charge >= 0.3 is 11.9 Å². The van der Waals surface area contributed by atoms with Crippen LogP contribution in [0.2, 0.25) is 0 Å². The maximum absolute atomic E-state index is 12.2. The topological polar surface area (TPSA) is 82.1 Å². The first-order chi connectivity index (χ1) is 13.4. The van der Waals surface area contributed by atoms with Gasteiger partial charge in [-0.25, -0.2) is 4.79 Å². The van der Waals surface area contributed by atoms with Crippen LogP contribution < -0.4 is 0 Å². The van der Waals surface area contributed by atoms with Crippen LogP contribution in [0.1, 0.15) is 25.3 Å². The lowest BCUT2D eigenvalue weighted by Crippen LogP contribution is -2.53. The Balaban J connectivity index is 1.90. The predicted octanol–water partition coefficient (Wildman–Crippen LogP) is 2.76. The largest absolute Gasteiger partial charge is 0.489 e. The fourth-order valence-corrected chi connectivity index (χ4v) is 4.32. The lowest BCUT2D eigenvalue weighted by Gasteiger charge is -2.47. The van der Waals surface area contributed by atoms with Gasteiger partial charge in [0.1, 0.15) is 12.4 Å². The molecule has 2 aliphatic rings. The van der Waals surface area contributed by atoms with Crippen LogP contribution in [-0.4, -0.2) is 35.9 Å². The van der Waals surface area contributed by atoms with Crippen LogP contribution in [0.5, 0.6) is 0 Å². The molecular weight excluding hydrogens is 360 g/mol. The molecule has 1 N–H and O–H groups in total. The molecule has 1 aromatic rings. The molecule has 0 amide bonds. The highest BCUT2D eigenvalue weighted by Crippen LogP contribution is 2.51. The Labute approximate surface area is 164 Å². The van der Waals surface area contributed by atoms with Gasteiger partial charge in [-0.2, -0.15) is 0 Å². The Morgan fingerprint density at radius 3 is 2.79 bits per heavy atom. The fourth-order valence-electron chi connectivity index (χ4n) is 4.32. The van der Waals surface area contributed by atoms with Gasteiger partial charge in [0.2, 0.25) is 0 Å². The van der Waals surface area contributed by atoms with Gasteiger partial charge in [0.15, 0.2) is 5.60 Å². The number of hydrogen-bond donors (Lipinski definition) is 1. The summed E-state index contributed by atoms with van der Waals surface area (Å²) in [6.07, 6.45) is 2.44. The molecule has 3 rings (SSSR count). The van der Waals surface area contributed by atoms with E-state index in [4.69, 9.17) is 14.2 Å². The normalized spacial score (nSPS) is 30.3. The van der Waals surface area contributed by atoms with Crippen LogP contribution >= 0.6 is 0 Å². The quantitative estimate of drug-likeness (QED) is 0.598. The average Bonchev–Trinajstić information content (AvgIpc) is 3.01. The molecule has 0 radical (unpaired) electrons. The Hall–Kier alpha value is -2.60. The average molecular weight is 386 g/mol. The van der Waals surface area contributed by atoms with Crippen LogP contribution in [0.4, 0.5) is 0 Å². The van der Waals surface area contributed by atoms with Gasteiger partial charge < -0.3 is 19.3 Å². The van der Waals surface area contributed by atoms with Crippen molar-refractivity contribution in [2.45, 2.75) is 38.1 Å². The smallest absolute Gasteiger partial charge is 0.335 e. The number of aliphatic hydroxyl groups is 1. The number of rotatable bonds is 6. The Bertz CT molecular complexity index is 770. The van der Waals surface area contributed by atoms with Crippen LogP contribution in [0.3, 0.4) is 0 Å². The van der Waals surface area contributed by atoms with Crippen molar-refractivity contribution >= 4 is 11.9 Å². The summed E-state index contributed by atoms with van der Waals surface area (Å²) in [6, 6.07) is 9.59. The minimum atomic E-state index is -1.12. The minimum absolute atomic E-state index is 0.115. The second-order valence-corrected chi connectivity index (χ2v) is 7.47. The molecule has 0 aromatic heterocycles. The Morgan fingerprint density at radius 1 is 1.43 bits per heavy atom. The van der Waals surface area contributed by atoms with Crippen molar-refractivity contribution in [3.63, 3.8) is 0 Å². The van der Waals surface area contributed by atoms with E-state index in [0.29, 0.717) is 18.6 Å². The zero-order valence-electron chi connectivity index (χ0n) is 16.2. The highest BCUT2D eigenvalue weighted by Gasteiger charge is 2.58. The van der Waals surface area contributed by atoms with Crippen molar-refractivity contribution in [1.82, 2.24) is 0 Å². The molecule has 150 valence electrons. The molecule has 0 bridgehead atoms. The van der Waals surface area contributed by atoms with Gasteiger partial charge in [0.05, 0.1) is 25.2 Å². The molecule has 1 heterocycles. The number of esters is 2. The molecule has 28 heavy (non-hydrogen) atoms. The Kier molecular flexibility index (Phi) is 5.89. The molecule has 5 atom stereocenters. The first kappa shape index (κ1) is 20.1. The van der Waals surface area contributed by atoms with E-state index in [-0.39, 0.29) is 18.5 Å². The van der Waals surface area contributed by atoms with E-state index in [0.717, 1.165) is 5.56 Å². The van der Waals surface area contributed by atoms with E-state index >= 15 is 0 Å². The zero-order chi connectivity index (χ0) is 20.3. The summed E-state index contributed by atoms with van der Waals surface area (Å²) in [5, 5.41) is 10.6. The number of benzene rings is 1. The molecule has 1 aromatic carbocycles. The SMILES string of the molecule is C=CC(O)[C@@H]1C[C@H](C(=O)OC)[C@H](C)C[C@]12OC(=O)C=C2OCc1ccccc1. The first-order valence-electron chi connectivity index (χ1n) is 9.41. The maximum Gasteiger partial charge on any atom is 0.335 e. The molecular formula is C22H26O6. The molecule has 1 aliphatic carbocycles. The summed E-state index contributed by atoms with van der Waals surface area (Å²) in [6.45, 7) is 5.86. The van der Waals surface area contributed by atoms with Crippen molar-refractivity contribution < 1.29 is 28.9 Å². The monoisotopic (exact) mass is 386 g/mol. The highest BCUT2D eigenvalue weighted by atomic mass is 16.6. The number of aliphatic hydroxyl groups excluding tert-OH is 1. The van der Waals surface area contributed by atoms with Gasteiger partial charge in [-0.05, 0) is 24.3 Å². The van der Waals surface area contributed by atoms with Crippen LogP contribution in [0.25, 0.3) is 0 Å². The molecule has 1 unspecified atom stereocenters. The lowest BCUT2D eigenvalue weighted by atomic mass is 9.63. The Morgan fingerprint density at radius 2 is 2.14 bits per heavy atom. The van der Waals surface area contributed by atoms with E-state index in [1.807, 2.05) is 37.3 Å². The van der Waals surface area contributed by atoms with Crippen molar-refractivity contribution in [3.05, 3.63) is 60.4 Å². The summed E-state index contributed by atoms with van der Waals surface area (Å²) in [7, 11) is 1.35. The van der Waals surface area contributed by atoms with Gasteiger partial charge in [0, 0.05) is 5.92 Å². The van der Waals surface area contributed by atoms with E-state index < -0.39 is 29.5 Å².